The molecule has 1 aromatic carbocycles. The quantitative estimate of drug-likeness (QED) is 0.837. The lowest BCUT2D eigenvalue weighted by Crippen LogP contribution is -2.09. The highest BCUT2D eigenvalue weighted by molar-refractivity contribution is 7.98. The smallest absolute Gasteiger partial charge is 0.202 e. The molecule has 3 nitrogen and oxygen atoms in total. The third-order valence-electron chi connectivity index (χ3n) is 1.99. The van der Waals surface area contributed by atoms with Crippen molar-refractivity contribution >= 4 is 28.4 Å². The van der Waals surface area contributed by atoms with Gasteiger partial charge in [-0.25, -0.2) is 4.98 Å². The first-order valence-electron chi connectivity index (χ1n) is 5.51. The normalized spacial score (nSPS) is 10.8. The van der Waals surface area contributed by atoms with Crippen molar-refractivity contribution in [3.8, 4) is 0 Å². The number of aromatic nitrogens is 2. The fourth-order valence-corrected chi connectivity index (χ4v) is 2.87. The predicted octanol–water partition coefficient (Wildman–Crippen LogP) is 3.65. The number of hydrogen-bond acceptors (Lipinski definition) is 5. The fourth-order valence-electron chi connectivity index (χ4n) is 1.28. The standard InChI is InChI=1S/C12H15N3S2/c1-9(2)13-12-14-11(15-17-12)8-16-10-6-4-3-5-7-10/h3-7,9H,8H2,1-2H3,(H,13,14,15). The maximum Gasteiger partial charge on any atom is 0.202 e. The number of nitrogens with one attached hydrogen (secondary N) is 1. The molecule has 0 spiro atoms. The first-order chi connectivity index (χ1) is 8.24. The molecule has 90 valence electrons. The third-order valence-corrected chi connectivity index (χ3v) is 3.68. The highest BCUT2D eigenvalue weighted by Crippen LogP contribution is 2.22. The summed E-state index contributed by atoms with van der Waals surface area (Å²) in [5.41, 5.74) is 0. The Labute approximate surface area is 110 Å². The molecule has 0 aliphatic heterocycles. The van der Waals surface area contributed by atoms with Crippen LogP contribution in [0.5, 0.6) is 0 Å². The molecule has 5 heteroatoms. The van der Waals surface area contributed by atoms with Gasteiger partial charge in [-0.3, -0.25) is 0 Å². The molecule has 1 aromatic heterocycles. The molecule has 0 fully saturated rings. The number of hydrogen-bond donors (Lipinski definition) is 1. The van der Waals surface area contributed by atoms with Gasteiger partial charge in [0.15, 0.2) is 5.82 Å². The minimum atomic E-state index is 0.401. The van der Waals surface area contributed by atoms with Gasteiger partial charge in [0.25, 0.3) is 0 Å². The summed E-state index contributed by atoms with van der Waals surface area (Å²) in [6.07, 6.45) is 0. The van der Waals surface area contributed by atoms with E-state index in [4.69, 9.17) is 0 Å². The number of benzene rings is 1. The van der Waals surface area contributed by atoms with Crippen molar-refractivity contribution in [2.24, 2.45) is 0 Å². The largest absolute Gasteiger partial charge is 0.358 e. The van der Waals surface area contributed by atoms with Gasteiger partial charge in [0, 0.05) is 22.5 Å². The second-order valence-corrected chi connectivity index (χ2v) is 5.72. The lowest BCUT2D eigenvalue weighted by molar-refractivity contribution is 0.894. The van der Waals surface area contributed by atoms with Crippen LogP contribution >= 0.6 is 23.3 Å². The molecule has 0 aliphatic rings. The molecule has 0 unspecified atom stereocenters. The first-order valence-corrected chi connectivity index (χ1v) is 7.27. The number of nitrogens with zero attached hydrogens (tertiary/aromatic N) is 2. The molecule has 17 heavy (non-hydrogen) atoms. The van der Waals surface area contributed by atoms with Crippen molar-refractivity contribution in [1.29, 1.82) is 0 Å². The molecular weight excluding hydrogens is 250 g/mol. The van der Waals surface area contributed by atoms with Crippen molar-refractivity contribution < 1.29 is 0 Å². The third kappa shape index (κ3) is 4.02. The van der Waals surface area contributed by atoms with Crippen molar-refractivity contribution in [3.63, 3.8) is 0 Å². The van der Waals surface area contributed by atoms with Crippen LogP contribution < -0.4 is 5.32 Å². The van der Waals surface area contributed by atoms with Crippen LogP contribution in [0.25, 0.3) is 0 Å². The zero-order valence-electron chi connectivity index (χ0n) is 9.88. The molecular formula is C12H15N3S2. The van der Waals surface area contributed by atoms with E-state index in [1.165, 1.54) is 16.4 Å². The van der Waals surface area contributed by atoms with E-state index in [-0.39, 0.29) is 0 Å². The summed E-state index contributed by atoms with van der Waals surface area (Å²) < 4.78 is 4.33. The highest BCUT2D eigenvalue weighted by atomic mass is 32.2. The van der Waals surface area contributed by atoms with Gasteiger partial charge >= 0.3 is 0 Å². The Bertz CT molecular complexity index is 454. The Balaban J connectivity index is 1.89. The van der Waals surface area contributed by atoms with Crippen LogP contribution in [-0.4, -0.2) is 15.4 Å². The van der Waals surface area contributed by atoms with Crippen LogP contribution in [0, 0.1) is 0 Å². The van der Waals surface area contributed by atoms with Crippen molar-refractivity contribution in [2.45, 2.75) is 30.5 Å². The minimum Gasteiger partial charge on any atom is -0.358 e. The Morgan fingerprint density at radius 2 is 2.06 bits per heavy atom. The second kappa shape index (κ2) is 6.02. The summed E-state index contributed by atoms with van der Waals surface area (Å²) in [6, 6.07) is 10.7. The van der Waals surface area contributed by atoms with Crippen LogP contribution in [0.15, 0.2) is 35.2 Å². The molecule has 0 bridgehead atoms. The molecule has 0 atom stereocenters. The SMILES string of the molecule is CC(C)Nc1nc(CSc2ccccc2)ns1. The van der Waals surface area contributed by atoms with E-state index in [0.29, 0.717) is 6.04 Å². The summed E-state index contributed by atoms with van der Waals surface area (Å²) in [7, 11) is 0. The summed E-state index contributed by atoms with van der Waals surface area (Å²) in [5.74, 6) is 1.72. The molecule has 0 saturated carbocycles. The van der Waals surface area contributed by atoms with Crippen molar-refractivity contribution in [3.05, 3.63) is 36.2 Å². The maximum atomic E-state index is 4.44. The Morgan fingerprint density at radius 1 is 1.29 bits per heavy atom. The molecule has 0 aliphatic carbocycles. The van der Waals surface area contributed by atoms with Gasteiger partial charge in [-0.1, -0.05) is 18.2 Å². The van der Waals surface area contributed by atoms with Crippen LogP contribution in [0.3, 0.4) is 0 Å². The molecule has 1 heterocycles. The van der Waals surface area contributed by atoms with E-state index >= 15 is 0 Å². The monoisotopic (exact) mass is 265 g/mol. The zero-order chi connectivity index (χ0) is 12.1. The molecule has 2 aromatic rings. The van der Waals surface area contributed by atoms with E-state index in [0.717, 1.165) is 16.7 Å². The summed E-state index contributed by atoms with van der Waals surface area (Å²) in [6.45, 7) is 4.19. The predicted molar refractivity (Wildman–Crippen MR) is 74.7 cm³/mol. The van der Waals surface area contributed by atoms with Gasteiger partial charge in [-0.05, 0) is 26.0 Å². The summed E-state index contributed by atoms with van der Waals surface area (Å²) >= 11 is 3.19. The van der Waals surface area contributed by atoms with E-state index in [1.54, 1.807) is 11.8 Å². The Morgan fingerprint density at radius 3 is 2.76 bits per heavy atom. The summed E-state index contributed by atoms with van der Waals surface area (Å²) in [4.78, 5) is 5.69. The fraction of sp³-hybridized carbons (Fsp3) is 0.333. The Hall–Kier alpha value is -1.07. The van der Waals surface area contributed by atoms with Crippen molar-refractivity contribution in [1.82, 2.24) is 9.36 Å². The number of rotatable bonds is 5. The zero-order valence-corrected chi connectivity index (χ0v) is 11.5. The molecule has 0 saturated heterocycles. The van der Waals surface area contributed by atoms with Crippen LogP contribution in [0.4, 0.5) is 5.13 Å². The first kappa shape index (κ1) is 12.4. The topological polar surface area (TPSA) is 37.8 Å². The number of thioether (sulfide) groups is 1. The van der Waals surface area contributed by atoms with E-state index in [1.807, 2.05) is 18.2 Å². The second-order valence-electron chi connectivity index (χ2n) is 3.92. The van der Waals surface area contributed by atoms with Crippen LogP contribution in [-0.2, 0) is 5.75 Å². The average molecular weight is 265 g/mol. The molecule has 0 radical (unpaired) electrons. The number of anilines is 1. The van der Waals surface area contributed by atoms with E-state index in [9.17, 15) is 0 Å². The van der Waals surface area contributed by atoms with Gasteiger partial charge in [-0.2, -0.15) is 4.37 Å². The molecule has 1 N–H and O–H groups in total. The van der Waals surface area contributed by atoms with Gasteiger partial charge < -0.3 is 5.32 Å². The van der Waals surface area contributed by atoms with Gasteiger partial charge in [-0.15, -0.1) is 11.8 Å². The van der Waals surface area contributed by atoms with E-state index in [2.05, 4.69) is 40.7 Å². The lowest BCUT2D eigenvalue weighted by Gasteiger charge is -2.03. The van der Waals surface area contributed by atoms with Gasteiger partial charge in [0.05, 0.1) is 5.75 Å². The average Bonchev–Trinajstić information content (AvgIpc) is 2.75. The highest BCUT2D eigenvalue weighted by Gasteiger charge is 2.05. The minimum absolute atomic E-state index is 0.401. The Kier molecular flexibility index (Phi) is 4.39. The van der Waals surface area contributed by atoms with Gasteiger partial charge in [0.1, 0.15) is 0 Å². The molecule has 2 rings (SSSR count). The maximum absolute atomic E-state index is 4.44. The van der Waals surface area contributed by atoms with Crippen LogP contribution in [0.1, 0.15) is 19.7 Å². The summed E-state index contributed by atoms with van der Waals surface area (Å²) in [5, 5.41) is 4.17. The van der Waals surface area contributed by atoms with Crippen molar-refractivity contribution in [2.75, 3.05) is 5.32 Å². The molecule has 0 amide bonds. The van der Waals surface area contributed by atoms with E-state index < -0.39 is 0 Å². The van der Waals surface area contributed by atoms with Gasteiger partial charge in [0.2, 0.25) is 5.13 Å². The lowest BCUT2D eigenvalue weighted by atomic mass is 10.4. The van der Waals surface area contributed by atoms with Crippen LogP contribution in [0.2, 0.25) is 0 Å².